The number of thiazole rings is 1. The van der Waals surface area contributed by atoms with Crippen LogP contribution in [0.25, 0.3) is 11.3 Å². The molecule has 0 aliphatic carbocycles. The molecule has 10 heteroatoms. The molecule has 1 N–H and O–H groups in total. The molecule has 2 heterocycles. The Bertz CT molecular complexity index is 1210. The number of benzene rings is 2. The van der Waals surface area contributed by atoms with Gasteiger partial charge in [0.2, 0.25) is 0 Å². The summed E-state index contributed by atoms with van der Waals surface area (Å²) in [6.45, 7) is 4.82. The lowest BCUT2D eigenvalue weighted by Crippen LogP contribution is -2.38. The number of carbonyl (C=O) groups is 1. The molecule has 0 unspecified atom stereocenters. The van der Waals surface area contributed by atoms with Gasteiger partial charge in [0.1, 0.15) is 11.5 Å². The van der Waals surface area contributed by atoms with Gasteiger partial charge in [0.25, 0.3) is 15.9 Å². The maximum atomic E-state index is 12.7. The summed E-state index contributed by atoms with van der Waals surface area (Å²) in [4.78, 5) is 18.3. The molecule has 3 aromatic rings. The first-order chi connectivity index (χ1) is 14.9. The third-order valence-electron chi connectivity index (χ3n) is 4.68. The number of ether oxygens (including phenoxy) is 2. The van der Waals surface area contributed by atoms with Gasteiger partial charge in [0.05, 0.1) is 22.9 Å². The molecule has 8 nitrogen and oxygen atoms in total. The van der Waals surface area contributed by atoms with E-state index in [1.165, 1.54) is 23.5 Å². The van der Waals surface area contributed by atoms with Crippen LogP contribution in [-0.2, 0) is 14.8 Å². The largest absolute Gasteiger partial charge is 0.494 e. The van der Waals surface area contributed by atoms with Gasteiger partial charge in [-0.3, -0.25) is 9.52 Å². The minimum absolute atomic E-state index is 0.0222. The summed E-state index contributed by atoms with van der Waals surface area (Å²) in [6, 6.07) is 11.7. The first-order valence-electron chi connectivity index (χ1n) is 9.70. The van der Waals surface area contributed by atoms with E-state index in [0.29, 0.717) is 36.0 Å². The highest BCUT2D eigenvalue weighted by Gasteiger charge is 2.25. The van der Waals surface area contributed by atoms with Crippen molar-refractivity contribution in [3.8, 4) is 22.8 Å². The number of fused-ring (bicyclic) bond motifs is 1. The average molecular weight is 460 g/mol. The van der Waals surface area contributed by atoms with Crippen molar-refractivity contribution in [2.24, 2.45) is 0 Å². The molecule has 0 fully saturated rings. The van der Waals surface area contributed by atoms with Gasteiger partial charge in [-0.25, -0.2) is 13.4 Å². The van der Waals surface area contributed by atoms with Crippen LogP contribution in [0.3, 0.4) is 0 Å². The number of hydrogen-bond donors (Lipinski definition) is 1. The Kier molecular flexibility index (Phi) is 5.84. The van der Waals surface area contributed by atoms with Gasteiger partial charge in [0.15, 0.2) is 11.7 Å². The molecule has 1 aliphatic heterocycles. The predicted octanol–water partition coefficient (Wildman–Crippen LogP) is 3.75. The third-order valence-corrected chi connectivity index (χ3v) is 6.93. The first kappa shape index (κ1) is 21.1. The number of anilines is 2. The maximum absolute atomic E-state index is 12.7. The van der Waals surface area contributed by atoms with E-state index in [1.54, 1.807) is 28.5 Å². The molecule has 2 aromatic carbocycles. The lowest BCUT2D eigenvalue weighted by Gasteiger charge is -2.28. The second-order valence-corrected chi connectivity index (χ2v) is 9.20. The number of aromatic nitrogens is 1. The SMILES string of the molecule is CCOc1ccc(S(=O)(=O)Nc2nc(-c3ccc4c(c3)N(CC)C(=O)CO4)cs2)cc1. The summed E-state index contributed by atoms with van der Waals surface area (Å²) < 4.78 is 38.7. The molecule has 0 radical (unpaired) electrons. The lowest BCUT2D eigenvalue weighted by molar-refractivity contribution is -0.121. The smallest absolute Gasteiger partial charge is 0.265 e. The number of hydrogen-bond acceptors (Lipinski definition) is 7. The first-order valence-corrected chi connectivity index (χ1v) is 12.1. The Labute approximate surface area is 184 Å². The van der Waals surface area contributed by atoms with Gasteiger partial charge in [-0.2, -0.15) is 0 Å². The van der Waals surface area contributed by atoms with Crippen LogP contribution in [0.2, 0.25) is 0 Å². The highest BCUT2D eigenvalue weighted by atomic mass is 32.2. The van der Waals surface area contributed by atoms with E-state index in [2.05, 4.69) is 9.71 Å². The lowest BCUT2D eigenvalue weighted by atomic mass is 10.1. The molecule has 0 saturated heterocycles. The number of carbonyl (C=O) groups excluding carboxylic acids is 1. The fraction of sp³-hybridized carbons (Fsp3) is 0.238. The highest BCUT2D eigenvalue weighted by molar-refractivity contribution is 7.93. The fourth-order valence-electron chi connectivity index (χ4n) is 3.22. The second kappa shape index (κ2) is 8.56. The van der Waals surface area contributed by atoms with Crippen LogP contribution < -0.4 is 19.1 Å². The molecule has 1 aliphatic rings. The summed E-state index contributed by atoms with van der Waals surface area (Å²) in [5.41, 5.74) is 2.05. The molecule has 1 amide bonds. The van der Waals surface area contributed by atoms with Crippen molar-refractivity contribution in [3.63, 3.8) is 0 Å². The molecule has 162 valence electrons. The van der Waals surface area contributed by atoms with Gasteiger partial charge in [-0.05, 0) is 56.3 Å². The van der Waals surface area contributed by atoms with E-state index < -0.39 is 10.0 Å². The maximum Gasteiger partial charge on any atom is 0.265 e. The van der Waals surface area contributed by atoms with Crippen LogP contribution >= 0.6 is 11.3 Å². The van der Waals surface area contributed by atoms with Crippen LogP contribution in [0.5, 0.6) is 11.5 Å². The van der Waals surface area contributed by atoms with Crippen molar-refractivity contribution in [2.45, 2.75) is 18.7 Å². The summed E-state index contributed by atoms with van der Waals surface area (Å²) in [5, 5.41) is 2.01. The molecule has 0 bridgehead atoms. The van der Waals surface area contributed by atoms with E-state index in [-0.39, 0.29) is 22.5 Å². The van der Waals surface area contributed by atoms with E-state index in [1.807, 2.05) is 26.0 Å². The quantitative estimate of drug-likeness (QED) is 0.578. The highest BCUT2D eigenvalue weighted by Crippen LogP contribution is 2.37. The van der Waals surface area contributed by atoms with Gasteiger partial charge in [-0.1, -0.05) is 0 Å². The van der Waals surface area contributed by atoms with E-state index in [4.69, 9.17) is 9.47 Å². The van der Waals surface area contributed by atoms with Crippen molar-refractivity contribution >= 4 is 38.1 Å². The van der Waals surface area contributed by atoms with Crippen molar-refractivity contribution in [3.05, 3.63) is 47.8 Å². The zero-order valence-corrected chi connectivity index (χ0v) is 18.6. The molecule has 0 spiro atoms. The van der Waals surface area contributed by atoms with Crippen molar-refractivity contribution in [2.75, 3.05) is 29.4 Å². The molecular weight excluding hydrogens is 438 g/mol. The number of nitrogens with zero attached hydrogens (tertiary/aromatic N) is 2. The minimum Gasteiger partial charge on any atom is -0.494 e. The van der Waals surface area contributed by atoms with Crippen LogP contribution in [0, 0.1) is 0 Å². The fourth-order valence-corrected chi connectivity index (χ4v) is 5.19. The Morgan fingerprint density at radius 1 is 1.19 bits per heavy atom. The Morgan fingerprint density at radius 3 is 2.68 bits per heavy atom. The molecule has 31 heavy (non-hydrogen) atoms. The number of sulfonamides is 1. The molecule has 0 saturated carbocycles. The van der Waals surface area contributed by atoms with Crippen LogP contribution in [0.15, 0.2) is 52.7 Å². The summed E-state index contributed by atoms with van der Waals surface area (Å²) >= 11 is 1.18. The number of likely N-dealkylation sites (N-methyl/N-ethyl adjacent to an activating group) is 1. The topological polar surface area (TPSA) is 97.8 Å². The normalized spacial score (nSPS) is 13.5. The third kappa shape index (κ3) is 4.35. The Morgan fingerprint density at radius 2 is 1.97 bits per heavy atom. The Hall–Kier alpha value is -3.11. The van der Waals surface area contributed by atoms with E-state index in [0.717, 1.165) is 5.56 Å². The van der Waals surface area contributed by atoms with Crippen molar-refractivity contribution < 1.29 is 22.7 Å². The van der Waals surface area contributed by atoms with Crippen LogP contribution in [0.1, 0.15) is 13.8 Å². The second-order valence-electron chi connectivity index (χ2n) is 6.66. The van der Waals surface area contributed by atoms with E-state index >= 15 is 0 Å². The van der Waals surface area contributed by atoms with Gasteiger partial charge in [0, 0.05) is 17.5 Å². The predicted molar refractivity (Wildman–Crippen MR) is 119 cm³/mol. The van der Waals surface area contributed by atoms with Crippen molar-refractivity contribution in [1.29, 1.82) is 0 Å². The van der Waals surface area contributed by atoms with Gasteiger partial charge in [-0.15, -0.1) is 11.3 Å². The zero-order chi connectivity index (χ0) is 22.0. The summed E-state index contributed by atoms with van der Waals surface area (Å²) in [6.07, 6.45) is 0. The summed E-state index contributed by atoms with van der Waals surface area (Å²) in [7, 11) is -3.78. The Balaban J connectivity index is 1.56. The van der Waals surface area contributed by atoms with Gasteiger partial charge < -0.3 is 14.4 Å². The van der Waals surface area contributed by atoms with E-state index in [9.17, 15) is 13.2 Å². The molecule has 1 aromatic heterocycles. The standard InChI is InChI=1S/C21H21N3O5S2/c1-3-24-18-11-14(5-10-19(18)29-12-20(24)25)17-13-30-21(22-17)23-31(26,27)16-8-6-15(7-9-16)28-4-2/h5-11,13H,3-4,12H2,1-2H3,(H,22,23). The molecule has 0 atom stereocenters. The minimum atomic E-state index is -3.78. The van der Waals surface area contributed by atoms with Crippen molar-refractivity contribution in [1.82, 2.24) is 4.98 Å². The van der Waals surface area contributed by atoms with Gasteiger partial charge >= 0.3 is 0 Å². The average Bonchev–Trinajstić information content (AvgIpc) is 3.21. The molecular formula is C21H21N3O5S2. The number of amides is 1. The number of nitrogens with one attached hydrogen (secondary N) is 1. The van der Waals surface area contributed by atoms with Crippen LogP contribution in [0.4, 0.5) is 10.8 Å². The monoisotopic (exact) mass is 459 g/mol. The molecule has 4 rings (SSSR count). The van der Waals surface area contributed by atoms with Crippen LogP contribution in [-0.4, -0.2) is 39.1 Å². The summed E-state index contributed by atoms with van der Waals surface area (Å²) in [5.74, 6) is 1.14. The number of rotatable bonds is 7. The zero-order valence-electron chi connectivity index (χ0n) is 17.0.